The second kappa shape index (κ2) is 8.21. The molecule has 1 atom stereocenters. The van der Waals surface area contributed by atoms with E-state index in [9.17, 15) is 18.0 Å². The maximum Gasteiger partial charge on any atom is 0.417 e. The summed E-state index contributed by atoms with van der Waals surface area (Å²) in [4.78, 5) is 14.7. The summed E-state index contributed by atoms with van der Waals surface area (Å²) in [6.07, 6.45) is -1.57. The molecule has 27 heavy (non-hydrogen) atoms. The van der Waals surface area contributed by atoms with Crippen LogP contribution in [0.3, 0.4) is 0 Å². The van der Waals surface area contributed by atoms with Gasteiger partial charge in [0, 0.05) is 24.8 Å². The molecule has 1 aliphatic rings. The van der Waals surface area contributed by atoms with Crippen molar-refractivity contribution in [2.75, 3.05) is 18.0 Å². The molecule has 0 saturated carbocycles. The van der Waals surface area contributed by atoms with E-state index in [1.54, 1.807) is 0 Å². The van der Waals surface area contributed by atoms with Crippen LogP contribution in [-0.4, -0.2) is 25.0 Å². The average molecular weight is 397 g/mol. The normalized spacial score (nSPS) is 17.6. The van der Waals surface area contributed by atoms with Crippen molar-refractivity contribution in [1.82, 2.24) is 5.32 Å². The number of rotatable bonds is 4. The number of nitrogens with one attached hydrogen (secondary N) is 1. The van der Waals surface area contributed by atoms with Gasteiger partial charge in [-0.2, -0.15) is 13.2 Å². The van der Waals surface area contributed by atoms with E-state index >= 15 is 0 Å². The minimum absolute atomic E-state index is 0.0923. The third-order valence-electron chi connectivity index (χ3n) is 4.76. The van der Waals surface area contributed by atoms with Gasteiger partial charge in [0.15, 0.2) is 0 Å². The number of nitrogens with zero attached hydrogens (tertiary/aromatic N) is 1. The molecule has 1 aliphatic heterocycles. The van der Waals surface area contributed by atoms with Crippen LogP contribution in [0.2, 0.25) is 5.02 Å². The summed E-state index contributed by atoms with van der Waals surface area (Å²) < 4.78 is 39.0. The first-order valence-corrected chi connectivity index (χ1v) is 9.21. The standard InChI is InChI=1S/C20H20ClF3N2O/c21-18-16(10-6-11-17(18)20(22,23)24)19(27)25-13-15-9-4-5-12-26(15)14-7-2-1-3-8-14/h1-3,6-8,10-11,15H,4-5,9,12-13H2,(H,25,27). The molecule has 0 spiro atoms. The highest BCUT2D eigenvalue weighted by atomic mass is 35.5. The fourth-order valence-corrected chi connectivity index (χ4v) is 3.72. The van der Waals surface area contributed by atoms with Crippen molar-refractivity contribution < 1.29 is 18.0 Å². The molecule has 1 unspecified atom stereocenters. The van der Waals surface area contributed by atoms with Crippen LogP contribution in [0.4, 0.5) is 18.9 Å². The number of carbonyl (C=O) groups is 1. The summed E-state index contributed by atoms with van der Waals surface area (Å²) in [6, 6.07) is 13.4. The van der Waals surface area contributed by atoms with E-state index in [1.807, 2.05) is 30.3 Å². The van der Waals surface area contributed by atoms with Gasteiger partial charge in [-0.3, -0.25) is 4.79 Å². The molecule has 0 radical (unpaired) electrons. The first kappa shape index (κ1) is 19.5. The smallest absolute Gasteiger partial charge is 0.367 e. The van der Waals surface area contributed by atoms with Crippen LogP contribution in [0.15, 0.2) is 48.5 Å². The molecule has 3 rings (SSSR count). The maximum absolute atomic E-state index is 13.0. The molecule has 2 aromatic rings. The van der Waals surface area contributed by atoms with Crippen LogP contribution < -0.4 is 10.2 Å². The van der Waals surface area contributed by atoms with Gasteiger partial charge in [-0.15, -0.1) is 0 Å². The number of piperidine rings is 1. The number of para-hydroxylation sites is 1. The van der Waals surface area contributed by atoms with Crippen molar-refractivity contribution in [3.8, 4) is 0 Å². The van der Waals surface area contributed by atoms with Crippen LogP contribution in [0.25, 0.3) is 0 Å². The summed E-state index contributed by atoms with van der Waals surface area (Å²) in [5.74, 6) is -0.593. The summed E-state index contributed by atoms with van der Waals surface area (Å²) in [5, 5.41) is 2.19. The zero-order valence-corrected chi connectivity index (χ0v) is 15.4. The Morgan fingerprint density at radius 1 is 1.11 bits per heavy atom. The molecule has 7 heteroatoms. The number of anilines is 1. The van der Waals surface area contributed by atoms with Crippen molar-refractivity contribution in [1.29, 1.82) is 0 Å². The molecule has 1 amide bonds. The van der Waals surface area contributed by atoms with Gasteiger partial charge in [-0.1, -0.05) is 35.9 Å². The van der Waals surface area contributed by atoms with Crippen LogP contribution in [0.5, 0.6) is 0 Å². The molecule has 3 nitrogen and oxygen atoms in total. The molecule has 1 fully saturated rings. The molecule has 144 valence electrons. The first-order chi connectivity index (χ1) is 12.9. The van der Waals surface area contributed by atoms with Crippen molar-refractivity contribution in [2.45, 2.75) is 31.5 Å². The number of amides is 1. The van der Waals surface area contributed by atoms with Crippen molar-refractivity contribution >= 4 is 23.2 Å². The van der Waals surface area contributed by atoms with Crippen molar-refractivity contribution in [2.24, 2.45) is 0 Å². The van der Waals surface area contributed by atoms with E-state index in [-0.39, 0.29) is 11.6 Å². The van der Waals surface area contributed by atoms with Gasteiger partial charge >= 0.3 is 6.18 Å². The van der Waals surface area contributed by atoms with Crippen LogP contribution >= 0.6 is 11.6 Å². The molecular weight excluding hydrogens is 377 g/mol. The van der Waals surface area contributed by atoms with Crippen LogP contribution in [0, 0.1) is 0 Å². The lowest BCUT2D eigenvalue weighted by Crippen LogP contribution is -2.47. The zero-order chi connectivity index (χ0) is 19.4. The minimum Gasteiger partial charge on any atom is -0.367 e. The Bertz CT molecular complexity index is 796. The number of alkyl halides is 3. The van der Waals surface area contributed by atoms with E-state index in [0.29, 0.717) is 6.54 Å². The third kappa shape index (κ3) is 4.56. The third-order valence-corrected chi connectivity index (χ3v) is 5.17. The SMILES string of the molecule is O=C(NCC1CCCCN1c1ccccc1)c1cccc(C(F)(F)F)c1Cl. The highest BCUT2D eigenvalue weighted by molar-refractivity contribution is 6.34. The van der Waals surface area contributed by atoms with Crippen LogP contribution in [0.1, 0.15) is 35.2 Å². The predicted octanol–water partition coefficient (Wildman–Crippen LogP) is 5.15. The Kier molecular flexibility index (Phi) is 5.95. The Morgan fingerprint density at radius 3 is 2.56 bits per heavy atom. The Hall–Kier alpha value is -2.21. The van der Waals surface area contributed by atoms with E-state index < -0.39 is 22.7 Å². The van der Waals surface area contributed by atoms with Crippen molar-refractivity contribution in [3.63, 3.8) is 0 Å². The summed E-state index contributed by atoms with van der Waals surface area (Å²) in [6.45, 7) is 1.23. The van der Waals surface area contributed by atoms with Gasteiger partial charge in [-0.05, 0) is 43.5 Å². The van der Waals surface area contributed by atoms with E-state index in [0.717, 1.165) is 37.6 Å². The number of halogens is 4. The molecule has 2 aromatic carbocycles. The van der Waals surface area contributed by atoms with E-state index in [1.165, 1.54) is 12.1 Å². The summed E-state index contributed by atoms with van der Waals surface area (Å²) in [5.41, 5.74) is -0.0810. The summed E-state index contributed by atoms with van der Waals surface area (Å²) >= 11 is 5.84. The lowest BCUT2D eigenvalue weighted by Gasteiger charge is -2.37. The zero-order valence-electron chi connectivity index (χ0n) is 14.6. The van der Waals surface area contributed by atoms with Gasteiger partial charge in [0.25, 0.3) is 5.91 Å². The average Bonchev–Trinajstić information content (AvgIpc) is 2.66. The Morgan fingerprint density at radius 2 is 1.85 bits per heavy atom. The highest BCUT2D eigenvalue weighted by Gasteiger charge is 2.34. The monoisotopic (exact) mass is 396 g/mol. The van der Waals surface area contributed by atoms with Gasteiger partial charge in [-0.25, -0.2) is 0 Å². The second-order valence-electron chi connectivity index (χ2n) is 6.55. The lowest BCUT2D eigenvalue weighted by molar-refractivity contribution is -0.137. The molecule has 0 aliphatic carbocycles. The van der Waals surface area contributed by atoms with Crippen molar-refractivity contribution in [3.05, 3.63) is 64.7 Å². The predicted molar refractivity (Wildman–Crippen MR) is 100 cm³/mol. The number of benzene rings is 2. The highest BCUT2D eigenvalue weighted by Crippen LogP contribution is 2.36. The maximum atomic E-state index is 13.0. The quantitative estimate of drug-likeness (QED) is 0.775. The largest absolute Gasteiger partial charge is 0.417 e. The topological polar surface area (TPSA) is 32.3 Å². The Labute approximate surface area is 161 Å². The molecule has 0 bridgehead atoms. The summed E-state index contributed by atoms with van der Waals surface area (Å²) in [7, 11) is 0. The molecule has 1 N–H and O–H groups in total. The van der Waals surface area contributed by atoms with Crippen LogP contribution in [-0.2, 0) is 6.18 Å². The van der Waals surface area contributed by atoms with Gasteiger partial charge in [0.2, 0.25) is 0 Å². The second-order valence-corrected chi connectivity index (χ2v) is 6.93. The fourth-order valence-electron chi connectivity index (χ4n) is 3.40. The number of hydrogen-bond acceptors (Lipinski definition) is 2. The first-order valence-electron chi connectivity index (χ1n) is 8.83. The number of carbonyl (C=O) groups excluding carboxylic acids is 1. The molecular formula is C20H20ClF3N2O. The van der Waals surface area contributed by atoms with Gasteiger partial charge < -0.3 is 10.2 Å². The van der Waals surface area contributed by atoms with Gasteiger partial charge in [0.05, 0.1) is 16.1 Å². The fraction of sp³-hybridized carbons (Fsp3) is 0.350. The van der Waals surface area contributed by atoms with E-state index in [4.69, 9.17) is 11.6 Å². The molecule has 1 saturated heterocycles. The molecule has 1 heterocycles. The van der Waals surface area contributed by atoms with Gasteiger partial charge in [0.1, 0.15) is 0 Å². The lowest BCUT2D eigenvalue weighted by atomic mass is 10.0. The molecule has 0 aromatic heterocycles. The minimum atomic E-state index is -4.60. The van der Waals surface area contributed by atoms with E-state index in [2.05, 4.69) is 10.2 Å². The Balaban J connectivity index is 1.71. The number of hydrogen-bond donors (Lipinski definition) is 1.